The van der Waals surface area contributed by atoms with Gasteiger partial charge < -0.3 is 0 Å². The Morgan fingerprint density at radius 3 is 2.93 bits per heavy atom. The highest BCUT2D eigenvalue weighted by Crippen LogP contribution is 2.22. The average molecular weight is 230 g/mol. The van der Waals surface area contributed by atoms with E-state index in [1.54, 1.807) is 0 Å². The number of thioether (sulfide) groups is 1. The van der Waals surface area contributed by atoms with Gasteiger partial charge in [-0.15, -0.1) is 11.8 Å². The van der Waals surface area contributed by atoms with Crippen LogP contribution in [0.25, 0.3) is 0 Å². The van der Waals surface area contributed by atoms with Crippen LogP contribution in [-0.4, -0.2) is 21.3 Å². The fourth-order valence-corrected chi connectivity index (χ4v) is 2.87. The minimum Gasteiger partial charge on any atom is -0.275 e. The maximum atomic E-state index is 4.37. The number of thiol groups is 1. The Balaban J connectivity index is 2.31. The summed E-state index contributed by atoms with van der Waals surface area (Å²) < 4.78 is 1.85. The van der Waals surface area contributed by atoms with Gasteiger partial charge in [0.25, 0.3) is 0 Å². The molecule has 14 heavy (non-hydrogen) atoms. The van der Waals surface area contributed by atoms with Crippen LogP contribution < -0.4 is 0 Å². The van der Waals surface area contributed by atoms with Crippen molar-refractivity contribution in [2.24, 2.45) is 13.0 Å². The Labute approximate surface area is 95.9 Å². The van der Waals surface area contributed by atoms with Crippen LogP contribution in [-0.2, 0) is 7.05 Å². The fraction of sp³-hybridized carbons (Fsp3) is 0.700. The van der Waals surface area contributed by atoms with E-state index in [4.69, 9.17) is 0 Å². The number of hydrogen-bond acceptors (Lipinski definition) is 3. The molecule has 2 nitrogen and oxygen atoms in total. The van der Waals surface area contributed by atoms with Crippen molar-refractivity contribution in [2.75, 3.05) is 11.5 Å². The Morgan fingerprint density at radius 2 is 2.43 bits per heavy atom. The maximum Gasteiger partial charge on any atom is 0.0625 e. The van der Waals surface area contributed by atoms with E-state index in [1.807, 2.05) is 29.7 Å². The molecular weight excluding hydrogens is 212 g/mol. The molecule has 0 saturated heterocycles. The Hall–Kier alpha value is -0.0900. The predicted molar refractivity (Wildman–Crippen MR) is 66.2 cm³/mol. The minimum atomic E-state index is 0.730. The van der Waals surface area contributed by atoms with Crippen molar-refractivity contribution in [3.63, 3.8) is 0 Å². The van der Waals surface area contributed by atoms with Crippen molar-refractivity contribution in [3.05, 3.63) is 12.4 Å². The second-order valence-corrected chi connectivity index (χ2v) is 4.96. The molecule has 0 N–H and O–H groups in total. The second kappa shape index (κ2) is 6.40. The largest absolute Gasteiger partial charge is 0.275 e. The first kappa shape index (κ1) is 12.0. The normalized spacial score (nSPS) is 13.1. The third-order valence-corrected chi connectivity index (χ3v) is 3.82. The molecular formula is C10H18N2S2. The summed E-state index contributed by atoms with van der Waals surface area (Å²) in [6.07, 6.45) is 6.51. The zero-order chi connectivity index (χ0) is 10.4. The lowest BCUT2D eigenvalue weighted by atomic mass is 10.1. The summed E-state index contributed by atoms with van der Waals surface area (Å²) >= 11 is 6.25. The third kappa shape index (κ3) is 3.96. The molecule has 1 aromatic rings. The molecule has 0 amide bonds. The number of hydrogen-bond donors (Lipinski definition) is 1. The fourth-order valence-electron chi connectivity index (χ4n) is 1.32. The zero-order valence-corrected chi connectivity index (χ0v) is 10.5. The van der Waals surface area contributed by atoms with Crippen molar-refractivity contribution < 1.29 is 0 Å². The highest BCUT2D eigenvalue weighted by atomic mass is 32.2. The van der Waals surface area contributed by atoms with Crippen LogP contribution in [0.5, 0.6) is 0 Å². The molecule has 0 spiro atoms. The van der Waals surface area contributed by atoms with E-state index in [2.05, 4.69) is 30.8 Å². The molecule has 0 bridgehead atoms. The van der Waals surface area contributed by atoms with Crippen LogP contribution >= 0.6 is 24.4 Å². The van der Waals surface area contributed by atoms with Gasteiger partial charge in [-0.05, 0) is 18.1 Å². The van der Waals surface area contributed by atoms with Gasteiger partial charge in [0, 0.05) is 23.9 Å². The van der Waals surface area contributed by atoms with Gasteiger partial charge in [0.05, 0.1) is 6.20 Å². The van der Waals surface area contributed by atoms with Gasteiger partial charge in [0.2, 0.25) is 0 Å². The first-order chi connectivity index (χ1) is 6.76. The molecule has 1 aromatic heterocycles. The second-order valence-electron chi connectivity index (χ2n) is 3.50. The number of nitrogens with zero attached hydrogens (tertiary/aromatic N) is 2. The first-order valence-electron chi connectivity index (χ1n) is 4.98. The summed E-state index contributed by atoms with van der Waals surface area (Å²) in [7, 11) is 1.95. The number of rotatable bonds is 6. The Morgan fingerprint density at radius 1 is 1.64 bits per heavy atom. The summed E-state index contributed by atoms with van der Waals surface area (Å²) in [5.74, 6) is 2.87. The number of aromatic nitrogens is 2. The molecule has 0 aromatic carbocycles. The van der Waals surface area contributed by atoms with Gasteiger partial charge in [-0.2, -0.15) is 17.7 Å². The Kier molecular flexibility index (Phi) is 5.48. The van der Waals surface area contributed by atoms with Crippen LogP contribution in [0.2, 0.25) is 0 Å². The lowest BCUT2D eigenvalue weighted by Gasteiger charge is -2.11. The standard InChI is InChI=1S/C10H18N2S2/c1-3-4-9(7-13)8-14-10-5-11-12(2)6-10/h5-6,9,13H,3-4,7-8H2,1-2H3. The first-order valence-corrected chi connectivity index (χ1v) is 6.60. The van der Waals surface area contributed by atoms with E-state index in [0.29, 0.717) is 0 Å². The molecule has 0 fully saturated rings. The minimum absolute atomic E-state index is 0.730. The molecule has 0 aliphatic rings. The van der Waals surface area contributed by atoms with Crippen LogP contribution in [0.4, 0.5) is 0 Å². The number of aryl methyl sites for hydroxylation is 1. The quantitative estimate of drug-likeness (QED) is 0.598. The van der Waals surface area contributed by atoms with Crippen LogP contribution in [0, 0.1) is 5.92 Å². The smallest absolute Gasteiger partial charge is 0.0625 e. The van der Waals surface area contributed by atoms with E-state index in [9.17, 15) is 0 Å². The zero-order valence-electron chi connectivity index (χ0n) is 8.81. The molecule has 1 unspecified atom stereocenters. The van der Waals surface area contributed by atoms with Crippen LogP contribution in [0.3, 0.4) is 0 Å². The summed E-state index contributed by atoms with van der Waals surface area (Å²) in [6.45, 7) is 2.23. The van der Waals surface area contributed by atoms with E-state index in [-0.39, 0.29) is 0 Å². The van der Waals surface area contributed by atoms with Crippen molar-refractivity contribution in [1.82, 2.24) is 9.78 Å². The van der Waals surface area contributed by atoms with Gasteiger partial charge in [-0.25, -0.2) is 0 Å². The molecule has 80 valence electrons. The molecule has 1 heterocycles. The predicted octanol–water partition coefficient (Wildman–Crippen LogP) is 2.86. The highest BCUT2D eigenvalue weighted by molar-refractivity contribution is 7.99. The van der Waals surface area contributed by atoms with E-state index < -0.39 is 0 Å². The van der Waals surface area contributed by atoms with Gasteiger partial charge in [-0.1, -0.05) is 13.3 Å². The van der Waals surface area contributed by atoms with Gasteiger partial charge in [0.15, 0.2) is 0 Å². The maximum absolute atomic E-state index is 4.37. The SMILES string of the molecule is CCCC(CS)CSc1cnn(C)c1. The molecule has 4 heteroatoms. The van der Waals surface area contributed by atoms with Crippen LogP contribution in [0.1, 0.15) is 19.8 Å². The molecule has 1 rings (SSSR count). The average Bonchev–Trinajstić information content (AvgIpc) is 2.59. The van der Waals surface area contributed by atoms with E-state index >= 15 is 0 Å². The van der Waals surface area contributed by atoms with Gasteiger partial charge in [-0.3, -0.25) is 4.68 Å². The van der Waals surface area contributed by atoms with Gasteiger partial charge in [0.1, 0.15) is 0 Å². The van der Waals surface area contributed by atoms with E-state index in [0.717, 1.165) is 17.4 Å². The van der Waals surface area contributed by atoms with Crippen molar-refractivity contribution >= 4 is 24.4 Å². The van der Waals surface area contributed by atoms with E-state index in [1.165, 1.54) is 17.7 Å². The molecule has 0 saturated carbocycles. The van der Waals surface area contributed by atoms with Crippen molar-refractivity contribution in [2.45, 2.75) is 24.7 Å². The Bertz CT molecular complexity index is 260. The lowest BCUT2D eigenvalue weighted by molar-refractivity contribution is 0.595. The molecule has 0 radical (unpaired) electrons. The molecule has 1 atom stereocenters. The summed E-state index contributed by atoms with van der Waals surface area (Å²) in [5, 5.41) is 4.14. The molecule has 0 aliphatic carbocycles. The van der Waals surface area contributed by atoms with Crippen molar-refractivity contribution in [1.29, 1.82) is 0 Å². The monoisotopic (exact) mass is 230 g/mol. The van der Waals surface area contributed by atoms with Gasteiger partial charge >= 0.3 is 0 Å². The topological polar surface area (TPSA) is 17.8 Å². The molecule has 0 aliphatic heterocycles. The summed E-state index contributed by atoms with van der Waals surface area (Å²) in [4.78, 5) is 1.26. The summed E-state index contributed by atoms with van der Waals surface area (Å²) in [6, 6.07) is 0. The van der Waals surface area contributed by atoms with Crippen LogP contribution in [0.15, 0.2) is 17.3 Å². The summed E-state index contributed by atoms with van der Waals surface area (Å²) in [5.41, 5.74) is 0. The lowest BCUT2D eigenvalue weighted by Crippen LogP contribution is -2.04. The highest BCUT2D eigenvalue weighted by Gasteiger charge is 2.06. The third-order valence-electron chi connectivity index (χ3n) is 2.12. The van der Waals surface area contributed by atoms with Crippen molar-refractivity contribution in [3.8, 4) is 0 Å².